The van der Waals surface area contributed by atoms with Crippen LogP contribution in [0.25, 0.3) is 22.5 Å². The first-order chi connectivity index (χ1) is 14.2. The van der Waals surface area contributed by atoms with E-state index in [-0.39, 0.29) is 5.91 Å². The van der Waals surface area contributed by atoms with E-state index in [0.717, 1.165) is 22.5 Å². The van der Waals surface area contributed by atoms with Crippen LogP contribution in [0.3, 0.4) is 0 Å². The second-order valence-electron chi connectivity index (χ2n) is 7.26. The highest BCUT2D eigenvalue weighted by molar-refractivity contribution is 6.06. The summed E-state index contributed by atoms with van der Waals surface area (Å²) < 4.78 is 5.66. The second kappa shape index (κ2) is 6.93. The minimum Gasteiger partial charge on any atom is -0.377 e. The predicted molar refractivity (Wildman–Crippen MR) is 111 cm³/mol. The molecule has 4 heterocycles. The van der Waals surface area contributed by atoms with Gasteiger partial charge in [0, 0.05) is 30.1 Å². The number of carbonyl (C=O) groups is 1. The van der Waals surface area contributed by atoms with E-state index in [0.29, 0.717) is 37.7 Å². The standard InChI is InChI=1S/C22H21N5O2/c1-2-22-14-29-11-10-27(22)20-18(25-21(22)28)13-24-19(26-20)16-8-9-23-12-17(16)15-6-4-3-5-7-15/h3-9,12-13H,2,10-11,14H2,1H3,(H,25,28). The molecule has 1 fully saturated rings. The molecule has 5 rings (SSSR count). The number of hydrogen-bond acceptors (Lipinski definition) is 6. The third-order valence-electron chi connectivity index (χ3n) is 5.74. The quantitative estimate of drug-likeness (QED) is 0.744. The normalized spacial score (nSPS) is 20.6. The van der Waals surface area contributed by atoms with Gasteiger partial charge in [0.25, 0.3) is 5.91 Å². The minimum absolute atomic E-state index is 0.0579. The molecule has 0 radical (unpaired) electrons. The van der Waals surface area contributed by atoms with Crippen molar-refractivity contribution in [1.82, 2.24) is 15.0 Å². The molecule has 1 aromatic carbocycles. The average Bonchev–Trinajstić information content (AvgIpc) is 2.79. The molecule has 1 N–H and O–H groups in total. The van der Waals surface area contributed by atoms with E-state index in [2.05, 4.69) is 20.2 Å². The van der Waals surface area contributed by atoms with Crippen molar-refractivity contribution in [3.63, 3.8) is 0 Å². The highest BCUT2D eigenvalue weighted by Gasteiger charge is 2.49. The summed E-state index contributed by atoms with van der Waals surface area (Å²) in [4.78, 5) is 28.7. The highest BCUT2D eigenvalue weighted by Crippen LogP contribution is 2.40. The smallest absolute Gasteiger partial charge is 0.252 e. The molecule has 2 aromatic heterocycles. The van der Waals surface area contributed by atoms with Crippen LogP contribution in [0.2, 0.25) is 0 Å². The minimum atomic E-state index is -0.725. The van der Waals surface area contributed by atoms with Gasteiger partial charge in [-0.25, -0.2) is 9.97 Å². The van der Waals surface area contributed by atoms with E-state index in [1.54, 1.807) is 12.4 Å². The number of anilines is 2. The SMILES string of the molecule is CCC12COCCN1c1nc(-c3ccncc3-c3ccccc3)ncc1NC2=O. The Morgan fingerprint density at radius 3 is 2.86 bits per heavy atom. The topological polar surface area (TPSA) is 80.2 Å². The summed E-state index contributed by atoms with van der Waals surface area (Å²) in [5, 5.41) is 2.98. The van der Waals surface area contributed by atoms with E-state index in [1.165, 1.54) is 0 Å². The molecule has 0 aliphatic carbocycles. The van der Waals surface area contributed by atoms with Crippen LogP contribution in [0.4, 0.5) is 11.5 Å². The lowest BCUT2D eigenvalue weighted by Crippen LogP contribution is -2.66. The first kappa shape index (κ1) is 17.8. The van der Waals surface area contributed by atoms with E-state index in [1.807, 2.05) is 49.5 Å². The summed E-state index contributed by atoms with van der Waals surface area (Å²) in [6, 6.07) is 12.0. The molecule has 29 heavy (non-hydrogen) atoms. The van der Waals surface area contributed by atoms with E-state index < -0.39 is 5.54 Å². The van der Waals surface area contributed by atoms with Crippen LogP contribution in [-0.2, 0) is 9.53 Å². The Hall–Kier alpha value is -3.32. The zero-order valence-electron chi connectivity index (χ0n) is 16.1. The Labute approximate surface area is 168 Å². The van der Waals surface area contributed by atoms with Gasteiger partial charge in [0.05, 0.1) is 19.4 Å². The summed E-state index contributed by atoms with van der Waals surface area (Å²) in [5.74, 6) is 1.30. The van der Waals surface area contributed by atoms with Crippen LogP contribution >= 0.6 is 0 Å². The lowest BCUT2D eigenvalue weighted by molar-refractivity contribution is -0.125. The molecule has 1 unspecified atom stereocenters. The van der Waals surface area contributed by atoms with Crippen molar-refractivity contribution in [2.75, 3.05) is 30.0 Å². The maximum absolute atomic E-state index is 12.8. The van der Waals surface area contributed by atoms with Gasteiger partial charge in [0.2, 0.25) is 0 Å². The Morgan fingerprint density at radius 2 is 2.03 bits per heavy atom. The van der Waals surface area contributed by atoms with Gasteiger partial charge in [-0.1, -0.05) is 37.3 Å². The molecule has 2 aliphatic rings. The van der Waals surface area contributed by atoms with E-state index >= 15 is 0 Å². The fraction of sp³-hybridized carbons (Fsp3) is 0.273. The molecule has 0 bridgehead atoms. The largest absolute Gasteiger partial charge is 0.377 e. The summed E-state index contributed by atoms with van der Waals surface area (Å²) in [6.07, 6.45) is 5.92. The van der Waals surface area contributed by atoms with Crippen molar-refractivity contribution in [2.45, 2.75) is 18.9 Å². The van der Waals surface area contributed by atoms with Gasteiger partial charge in [0.1, 0.15) is 11.2 Å². The number of rotatable bonds is 3. The second-order valence-corrected chi connectivity index (χ2v) is 7.26. The maximum Gasteiger partial charge on any atom is 0.252 e. The lowest BCUT2D eigenvalue weighted by Gasteiger charge is -2.48. The molecule has 1 atom stereocenters. The highest BCUT2D eigenvalue weighted by atomic mass is 16.5. The molecule has 0 spiro atoms. The molecule has 3 aromatic rings. The Bertz CT molecular complexity index is 1070. The molecule has 2 aliphatic heterocycles. The lowest BCUT2D eigenvalue weighted by atomic mass is 9.90. The van der Waals surface area contributed by atoms with E-state index in [9.17, 15) is 4.79 Å². The fourth-order valence-corrected chi connectivity index (χ4v) is 4.11. The van der Waals surface area contributed by atoms with Crippen LogP contribution in [0.15, 0.2) is 55.0 Å². The van der Waals surface area contributed by atoms with Crippen molar-refractivity contribution in [2.24, 2.45) is 0 Å². The van der Waals surface area contributed by atoms with Crippen molar-refractivity contribution in [3.8, 4) is 22.5 Å². The predicted octanol–water partition coefficient (Wildman–Crippen LogP) is 3.14. The molecule has 7 nitrogen and oxygen atoms in total. The molecule has 1 saturated heterocycles. The fourth-order valence-electron chi connectivity index (χ4n) is 4.11. The number of aromatic nitrogens is 3. The third kappa shape index (κ3) is 2.77. The number of carbonyl (C=O) groups excluding carboxylic acids is 1. The number of hydrogen-bond donors (Lipinski definition) is 1. The number of morpholine rings is 1. The zero-order valence-corrected chi connectivity index (χ0v) is 16.1. The van der Waals surface area contributed by atoms with Gasteiger partial charge in [-0.15, -0.1) is 0 Å². The van der Waals surface area contributed by atoms with Gasteiger partial charge in [-0.3, -0.25) is 9.78 Å². The molecule has 0 saturated carbocycles. The summed E-state index contributed by atoms with van der Waals surface area (Å²) >= 11 is 0. The summed E-state index contributed by atoms with van der Waals surface area (Å²) in [6.45, 7) is 3.55. The van der Waals surface area contributed by atoms with E-state index in [4.69, 9.17) is 9.72 Å². The van der Waals surface area contributed by atoms with Gasteiger partial charge in [-0.05, 0) is 18.1 Å². The van der Waals surface area contributed by atoms with Crippen molar-refractivity contribution < 1.29 is 9.53 Å². The number of pyridine rings is 1. The van der Waals surface area contributed by atoms with Crippen LogP contribution in [0, 0.1) is 0 Å². The van der Waals surface area contributed by atoms with Gasteiger partial charge < -0.3 is 15.0 Å². The van der Waals surface area contributed by atoms with Gasteiger partial charge >= 0.3 is 0 Å². The van der Waals surface area contributed by atoms with Gasteiger partial charge in [0.15, 0.2) is 11.6 Å². The van der Waals surface area contributed by atoms with Crippen molar-refractivity contribution >= 4 is 17.4 Å². The maximum atomic E-state index is 12.8. The molecule has 146 valence electrons. The molecular formula is C22H21N5O2. The molecule has 7 heteroatoms. The average molecular weight is 387 g/mol. The van der Waals surface area contributed by atoms with Crippen molar-refractivity contribution in [1.29, 1.82) is 0 Å². The van der Waals surface area contributed by atoms with Crippen LogP contribution < -0.4 is 10.2 Å². The Morgan fingerprint density at radius 1 is 1.17 bits per heavy atom. The number of amides is 1. The Kier molecular flexibility index (Phi) is 4.24. The Balaban J connectivity index is 1.64. The monoisotopic (exact) mass is 387 g/mol. The number of fused-ring (bicyclic) bond motifs is 3. The van der Waals surface area contributed by atoms with Crippen LogP contribution in [0.5, 0.6) is 0 Å². The first-order valence-corrected chi connectivity index (χ1v) is 9.76. The number of benzene rings is 1. The number of nitrogens with zero attached hydrogens (tertiary/aromatic N) is 4. The van der Waals surface area contributed by atoms with Crippen molar-refractivity contribution in [3.05, 3.63) is 55.0 Å². The molecular weight excluding hydrogens is 366 g/mol. The number of ether oxygens (including phenoxy) is 1. The first-order valence-electron chi connectivity index (χ1n) is 9.76. The zero-order chi connectivity index (χ0) is 19.8. The third-order valence-corrected chi connectivity index (χ3v) is 5.74. The summed E-state index contributed by atoms with van der Waals surface area (Å²) in [5.41, 5.74) is 2.84. The number of nitrogens with one attached hydrogen (secondary N) is 1. The van der Waals surface area contributed by atoms with Crippen LogP contribution in [-0.4, -0.2) is 46.2 Å². The van der Waals surface area contributed by atoms with Gasteiger partial charge in [-0.2, -0.15) is 0 Å². The molecule has 1 amide bonds. The van der Waals surface area contributed by atoms with Crippen LogP contribution in [0.1, 0.15) is 13.3 Å². The summed E-state index contributed by atoms with van der Waals surface area (Å²) in [7, 11) is 0.